The van der Waals surface area contributed by atoms with Gasteiger partial charge in [-0.15, -0.1) is 0 Å². The molecule has 5 nitrogen and oxygen atoms in total. The van der Waals surface area contributed by atoms with E-state index in [1.54, 1.807) is 18.4 Å². The molecule has 0 bridgehead atoms. The monoisotopic (exact) mass is 405 g/mol. The summed E-state index contributed by atoms with van der Waals surface area (Å²) in [5.74, 6) is 1.03. The third-order valence-corrected chi connectivity index (χ3v) is 6.52. The predicted molar refractivity (Wildman–Crippen MR) is 115 cm³/mol. The number of nitrogens with zero attached hydrogens (tertiary/aromatic N) is 2. The van der Waals surface area contributed by atoms with E-state index in [2.05, 4.69) is 38.5 Å². The summed E-state index contributed by atoms with van der Waals surface area (Å²) in [5.41, 5.74) is 4.74. The summed E-state index contributed by atoms with van der Waals surface area (Å²) in [7, 11) is 1.68. The Morgan fingerprint density at radius 2 is 2.14 bits per heavy atom. The number of carbonyl (C=O) groups is 1. The van der Waals surface area contributed by atoms with Crippen molar-refractivity contribution in [2.75, 3.05) is 13.7 Å². The lowest BCUT2D eigenvalue weighted by Crippen LogP contribution is -2.37. The molecule has 148 valence electrons. The summed E-state index contributed by atoms with van der Waals surface area (Å²) < 4.78 is 7.53. The van der Waals surface area contributed by atoms with Crippen molar-refractivity contribution in [1.82, 2.24) is 14.5 Å². The van der Waals surface area contributed by atoms with E-state index in [0.717, 1.165) is 29.6 Å². The van der Waals surface area contributed by atoms with Crippen molar-refractivity contribution in [2.24, 2.45) is 0 Å². The number of fused-ring (bicyclic) bond motifs is 3. The Hall–Kier alpha value is -2.99. The fraction of sp³-hybridized carbons (Fsp3) is 0.261. The summed E-state index contributed by atoms with van der Waals surface area (Å²) in [6.07, 6.45) is 5.39. The van der Waals surface area contributed by atoms with Crippen molar-refractivity contribution in [2.45, 2.75) is 25.4 Å². The highest BCUT2D eigenvalue weighted by molar-refractivity contribution is 7.08. The second-order valence-electron chi connectivity index (χ2n) is 7.47. The molecule has 0 radical (unpaired) electrons. The number of methoxy groups -OCH3 is 1. The molecule has 5 rings (SSSR count). The van der Waals surface area contributed by atoms with Gasteiger partial charge >= 0.3 is 0 Å². The smallest absolute Gasteiger partial charge is 0.225 e. The van der Waals surface area contributed by atoms with Crippen molar-refractivity contribution < 1.29 is 9.53 Å². The zero-order valence-electron chi connectivity index (χ0n) is 16.3. The highest BCUT2D eigenvalue weighted by Gasteiger charge is 2.27. The molecule has 0 saturated heterocycles. The number of amides is 1. The van der Waals surface area contributed by atoms with Crippen LogP contribution in [-0.2, 0) is 17.8 Å². The first-order valence-electron chi connectivity index (χ1n) is 9.82. The summed E-state index contributed by atoms with van der Waals surface area (Å²) >= 11 is 1.67. The van der Waals surface area contributed by atoms with Gasteiger partial charge in [-0.25, -0.2) is 0 Å². The predicted octanol–water partition coefficient (Wildman–Crippen LogP) is 4.60. The highest BCUT2D eigenvalue weighted by Crippen LogP contribution is 2.32. The first-order valence-corrected chi connectivity index (χ1v) is 10.8. The van der Waals surface area contributed by atoms with Crippen LogP contribution in [-0.4, -0.2) is 34.0 Å². The van der Waals surface area contributed by atoms with Gasteiger partial charge in [0.25, 0.3) is 0 Å². The Morgan fingerprint density at radius 1 is 1.28 bits per heavy atom. The molecule has 1 aromatic carbocycles. The molecule has 1 aliphatic rings. The van der Waals surface area contributed by atoms with Crippen molar-refractivity contribution in [1.29, 1.82) is 0 Å². The zero-order valence-corrected chi connectivity index (χ0v) is 17.1. The Balaban J connectivity index is 1.40. The normalized spacial score (nSPS) is 14.7. The van der Waals surface area contributed by atoms with E-state index >= 15 is 0 Å². The van der Waals surface area contributed by atoms with Gasteiger partial charge in [-0.05, 0) is 52.7 Å². The molecule has 0 saturated carbocycles. The molecular weight excluding hydrogens is 382 g/mol. The lowest BCUT2D eigenvalue weighted by atomic mass is 10.0. The first kappa shape index (κ1) is 18.1. The highest BCUT2D eigenvalue weighted by atomic mass is 32.1. The van der Waals surface area contributed by atoms with Gasteiger partial charge in [0.15, 0.2) is 0 Å². The minimum Gasteiger partial charge on any atom is -0.497 e. The number of aromatic amines is 1. The van der Waals surface area contributed by atoms with Crippen LogP contribution in [0.3, 0.4) is 0 Å². The zero-order chi connectivity index (χ0) is 19.8. The number of aromatic nitrogens is 2. The van der Waals surface area contributed by atoms with E-state index in [-0.39, 0.29) is 11.9 Å². The lowest BCUT2D eigenvalue weighted by molar-refractivity contribution is -0.132. The molecule has 1 N–H and O–H groups in total. The number of carbonyl (C=O) groups excluding carboxylic acids is 1. The quantitative estimate of drug-likeness (QED) is 0.527. The van der Waals surface area contributed by atoms with E-state index in [0.29, 0.717) is 13.0 Å². The molecule has 29 heavy (non-hydrogen) atoms. The van der Waals surface area contributed by atoms with E-state index in [4.69, 9.17) is 4.74 Å². The largest absolute Gasteiger partial charge is 0.497 e. The summed E-state index contributed by atoms with van der Waals surface area (Å²) in [6.45, 7) is 1.39. The molecule has 6 heteroatoms. The second kappa shape index (κ2) is 7.44. The average Bonchev–Trinajstić information content (AvgIpc) is 3.52. The molecule has 1 amide bonds. The number of nitrogens with one attached hydrogen (secondary N) is 1. The number of rotatable bonds is 5. The third kappa shape index (κ3) is 3.34. The van der Waals surface area contributed by atoms with Crippen LogP contribution in [0.25, 0.3) is 10.9 Å². The molecule has 1 atom stereocenters. The first-order chi connectivity index (χ1) is 14.2. The minimum atomic E-state index is 0.0354. The van der Waals surface area contributed by atoms with Crippen molar-refractivity contribution in [3.63, 3.8) is 0 Å². The number of hydrogen-bond donors (Lipinski definition) is 1. The maximum Gasteiger partial charge on any atom is 0.225 e. The Bertz CT molecular complexity index is 1090. The Morgan fingerprint density at radius 3 is 2.90 bits per heavy atom. The molecular formula is C23H23N3O2S. The Labute approximate surface area is 173 Å². The third-order valence-electron chi connectivity index (χ3n) is 5.82. The van der Waals surface area contributed by atoms with Crippen LogP contribution in [0, 0.1) is 0 Å². The van der Waals surface area contributed by atoms with Crippen LogP contribution in [0.2, 0.25) is 0 Å². The molecule has 4 aromatic rings. The number of H-pyrrole nitrogens is 1. The molecule has 1 aliphatic heterocycles. The fourth-order valence-corrected chi connectivity index (χ4v) is 4.95. The van der Waals surface area contributed by atoms with Crippen molar-refractivity contribution >= 4 is 28.1 Å². The van der Waals surface area contributed by atoms with Gasteiger partial charge in [-0.3, -0.25) is 4.79 Å². The molecule has 4 heterocycles. The van der Waals surface area contributed by atoms with Crippen LogP contribution >= 0.6 is 11.3 Å². The number of ether oxygens (including phenoxy) is 1. The maximum absolute atomic E-state index is 13.3. The van der Waals surface area contributed by atoms with E-state index < -0.39 is 0 Å². The standard InChI is InChI=1S/C23H23N3O2S/c1-28-17-4-5-20-18(12-17)19-14-26(10-6-21(19)24-20)23(27)13-22(16-7-11-29-15-16)25-8-2-3-9-25/h2-5,7-9,11-12,15,22,24H,6,10,13-14H2,1H3/t22-/m1/s1. The SMILES string of the molecule is COc1ccc2[nH]c3c(c2c1)CN(C(=O)C[C@H](c1ccsc1)n1cccc1)CC3. The van der Waals surface area contributed by atoms with Crippen LogP contribution < -0.4 is 4.74 Å². The van der Waals surface area contributed by atoms with Crippen LogP contribution in [0.1, 0.15) is 29.3 Å². The lowest BCUT2D eigenvalue weighted by Gasteiger charge is -2.29. The van der Waals surface area contributed by atoms with Gasteiger partial charge < -0.3 is 19.2 Å². The summed E-state index contributed by atoms with van der Waals surface area (Å²) in [5, 5.41) is 5.36. The molecule has 0 fully saturated rings. The van der Waals surface area contributed by atoms with Gasteiger partial charge in [0.05, 0.1) is 19.6 Å². The second-order valence-corrected chi connectivity index (χ2v) is 8.25. The average molecular weight is 406 g/mol. The number of benzene rings is 1. The topological polar surface area (TPSA) is 50.3 Å². The fourth-order valence-electron chi connectivity index (χ4n) is 4.24. The van der Waals surface area contributed by atoms with Gasteiger partial charge in [0.2, 0.25) is 5.91 Å². The number of thiophene rings is 1. The summed E-state index contributed by atoms with van der Waals surface area (Å²) in [6, 6.07) is 12.3. The van der Waals surface area contributed by atoms with Gasteiger partial charge in [-0.1, -0.05) is 0 Å². The van der Waals surface area contributed by atoms with Crippen LogP contribution in [0.15, 0.2) is 59.6 Å². The van der Waals surface area contributed by atoms with E-state index in [1.807, 2.05) is 35.5 Å². The van der Waals surface area contributed by atoms with Crippen molar-refractivity contribution in [3.05, 3.63) is 76.4 Å². The van der Waals surface area contributed by atoms with Gasteiger partial charge in [0, 0.05) is 54.1 Å². The van der Waals surface area contributed by atoms with Crippen LogP contribution in [0.5, 0.6) is 5.75 Å². The molecule has 0 unspecified atom stereocenters. The number of hydrogen-bond acceptors (Lipinski definition) is 3. The Kier molecular flexibility index (Phi) is 4.64. The van der Waals surface area contributed by atoms with Gasteiger partial charge in [0.1, 0.15) is 5.75 Å². The van der Waals surface area contributed by atoms with Gasteiger partial charge in [-0.2, -0.15) is 11.3 Å². The molecule has 0 aliphatic carbocycles. The van der Waals surface area contributed by atoms with E-state index in [1.165, 1.54) is 16.8 Å². The molecule has 3 aromatic heterocycles. The minimum absolute atomic E-state index is 0.0354. The van der Waals surface area contributed by atoms with Crippen molar-refractivity contribution in [3.8, 4) is 5.75 Å². The summed E-state index contributed by atoms with van der Waals surface area (Å²) in [4.78, 5) is 18.8. The maximum atomic E-state index is 13.3. The molecule has 0 spiro atoms. The van der Waals surface area contributed by atoms with Crippen LogP contribution in [0.4, 0.5) is 0 Å². The van der Waals surface area contributed by atoms with E-state index in [9.17, 15) is 4.79 Å².